The smallest absolute Gasteiger partial charge is 0.356 e. The highest BCUT2D eigenvalue weighted by atomic mass is 79.9. The molecule has 0 bridgehead atoms. The molecule has 0 aliphatic heterocycles. The van der Waals surface area contributed by atoms with Gasteiger partial charge >= 0.3 is 5.97 Å². The van der Waals surface area contributed by atoms with Crippen LogP contribution in [0, 0.1) is 0 Å². The van der Waals surface area contributed by atoms with Crippen LogP contribution in [0.1, 0.15) is 12.5 Å². The lowest BCUT2D eigenvalue weighted by Crippen LogP contribution is -2.19. The number of rotatable bonds is 4. The molecule has 2 N–H and O–H groups in total. The molecule has 0 radical (unpaired) electrons. The van der Waals surface area contributed by atoms with Crippen LogP contribution in [-0.2, 0) is 16.0 Å². The van der Waals surface area contributed by atoms with E-state index in [9.17, 15) is 4.79 Å². The van der Waals surface area contributed by atoms with Crippen molar-refractivity contribution in [2.24, 2.45) is 5.16 Å². The van der Waals surface area contributed by atoms with E-state index in [-0.39, 0.29) is 18.7 Å². The average Bonchev–Trinajstić information content (AvgIpc) is 2.81. The molecule has 0 aliphatic rings. The van der Waals surface area contributed by atoms with Gasteiger partial charge < -0.3 is 14.9 Å². The highest BCUT2D eigenvalue weighted by molar-refractivity contribution is 9.10. The monoisotopic (exact) mass is 324 g/mol. The largest absolute Gasteiger partial charge is 0.461 e. The zero-order valence-electron chi connectivity index (χ0n) is 10.3. The predicted octanol–water partition coefficient (Wildman–Crippen LogP) is 2.87. The minimum atomic E-state index is -0.602. The summed E-state index contributed by atoms with van der Waals surface area (Å²) < 4.78 is 5.77. The van der Waals surface area contributed by atoms with Gasteiger partial charge in [-0.1, -0.05) is 17.3 Å². The summed E-state index contributed by atoms with van der Waals surface area (Å²) in [6.07, 6.45) is 2.01. The Balaban J connectivity index is 2.31. The van der Waals surface area contributed by atoms with Crippen LogP contribution in [-0.4, -0.2) is 28.5 Å². The van der Waals surface area contributed by atoms with E-state index in [4.69, 9.17) is 9.94 Å². The number of H-pyrrole nitrogens is 1. The van der Waals surface area contributed by atoms with E-state index >= 15 is 0 Å². The van der Waals surface area contributed by atoms with Gasteiger partial charge in [0.2, 0.25) is 0 Å². The molecular formula is C13H13BrN2O3. The predicted molar refractivity (Wildman–Crippen MR) is 75.6 cm³/mol. The molecule has 0 spiro atoms. The first-order valence-electron chi connectivity index (χ1n) is 5.80. The molecular weight excluding hydrogens is 312 g/mol. The lowest BCUT2D eigenvalue weighted by molar-refractivity contribution is -0.135. The number of fused-ring (bicyclic) bond motifs is 1. The third-order valence-corrected chi connectivity index (χ3v) is 3.40. The molecule has 1 aromatic heterocycles. The standard InChI is InChI=1S/C13H13BrN2O3/c1-2-19-13(17)11(16-18)6-8-7-15-12-9(8)4-3-5-10(12)14/h3-5,7,15,18H,2,6H2,1H3/b16-11+. The van der Waals surface area contributed by atoms with E-state index in [1.165, 1.54) is 0 Å². The molecule has 5 nitrogen and oxygen atoms in total. The van der Waals surface area contributed by atoms with E-state index in [1.54, 1.807) is 13.1 Å². The number of para-hydroxylation sites is 1. The van der Waals surface area contributed by atoms with E-state index in [0.717, 1.165) is 20.9 Å². The fourth-order valence-corrected chi connectivity index (χ4v) is 2.35. The van der Waals surface area contributed by atoms with Gasteiger partial charge in [0.25, 0.3) is 0 Å². The number of aromatic nitrogens is 1. The molecule has 2 rings (SSSR count). The van der Waals surface area contributed by atoms with Gasteiger partial charge in [-0.2, -0.15) is 0 Å². The number of nitrogens with one attached hydrogen (secondary N) is 1. The van der Waals surface area contributed by atoms with Gasteiger partial charge in [0, 0.05) is 22.5 Å². The summed E-state index contributed by atoms with van der Waals surface area (Å²) in [4.78, 5) is 14.7. The number of ether oxygens (including phenoxy) is 1. The summed E-state index contributed by atoms with van der Waals surface area (Å²) >= 11 is 3.44. The Morgan fingerprint density at radius 3 is 3.00 bits per heavy atom. The van der Waals surface area contributed by atoms with E-state index < -0.39 is 5.97 Å². The zero-order valence-corrected chi connectivity index (χ0v) is 11.9. The van der Waals surface area contributed by atoms with Crippen LogP contribution in [0.2, 0.25) is 0 Å². The summed E-state index contributed by atoms with van der Waals surface area (Å²) in [6, 6.07) is 5.77. The highest BCUT2D eigenvalue weighted by Crippen LogP contribution is 2.26. The summed E-state index contributed by atoms with van der Waals surface area (Å²) in [5.74, 6) is -0.602. The van der Waals surface area contributed by atoms with Crippen molar-refractivity contribution in [1.29, 1.82) is 0 Å². The lowest BCUT2D eigenvalue weighted by atomic mass is 10.1. The second-order valence-electron chi connectivity index (χ2n) is 3.92. The maximum atomic E-state index is 11.6. The van der Waals surface area contributed by atoms with Crippen LogP contribution in [0.3, 0.4) is 0 Å². The molecule has 19 heavy (non-hydrogen) atoms. The number of hydrogen-bond acceptors (Lipinski definition) is 4. The van der Waals surface area contributed by atoms with Gasteiger partial charge in [-0.05, 0) is 34.5 Å². The summed E-state index contributed by atoms with van der Waals surface area (Å²) in [7, 11) is 0. The van der Waals surface area contributed by atoms with Gasteiger partial charge in [-0.15, -0.1) is 0 Å². The molecule has 0 unspecified atom stereocenters. The number of aromatic amines is 1. The van der Waals surface area contributed by atoms with Crippen LogP contribution in [0.5, 0.6) is 0 Å². The molecule has 1 aromatic carbocycles. The van der Waals surface area contributed by atoms with E-state index in [2.05, 4.69) is 26.1 Å². The molecule has 6 heteroatoms. The molecule has 0 amide bonds. The van der Waals surface area contributed by atoms with Crippen molar-refractivity contribution in [3.63, 3.8) is 0 Å². The third kappa shape index (κ3) is 2.78. The summed E-state index contributed by atoms with van der Waals surface area (Å²) in [6.45, 7) is 1.95. The zero-order chi connectivity index (χ0) is 13.8. The van der Waals surface area contributed by atoms with Gasteiger partial charge in [0.1, 0.15) is 0 Å². The second kappa shape index (κ2) is 5.88. The number of halogens is 1. The number of esters is 1. The Bertz CT molecular complexity index is 634. The Kier molecular flexibility index (Phi) is 4.21. The number of oxime groups is 1. The molecule has 0 aliphatic carbocycles. The first kappa shape index (κ1) is 13.6. The van der Waals surface area contributed by atoms with E-state index in [0.29, 0.717) is 0 Å². The SMILES string of the molecule is CCOC(=O)/C(Cc1c[nH]c2c(Br)cccc12)=N/O. The highest BCUT2D eigenvalue weighted by Gasteiger charge is 2.16. The molecule has 0 saturated heterocycles. The summed E-state index contributed by atoms with van der Waals surface area (Å²) in [5.41, 5.74) is 1.80. The van der Waals surface area contributed by atoms with Gasteiger partial charge in [0.05, 0.1) is 12.1 Å². The van der Waals surface area contributed by atoms with E-state index in [1.807, 2.05) is 18.2 Å². The van der Waals surface area contributed by atoms with Crippen molar-refractivity contribution in [3.8, 4) is 0 Å². The molecule has 1 heterocycles. The number of hydrogen-bond donors (Lipinski definition) is 2. The molecule has 2 aromatic rings. The molecule has 0 saturated carbocycles. The van der Waals surface area contributed by atoms with Crippen molar-refractivity contribution in [1.82, 2.24) is 4.98 Å². The third-order valence-electron chi connectivity index (χ3n) is 2.74. The lowest BCUT2D eigenvalue weighted by Gasteiger charge is -2.03. The van der Waals surface area contributed by atoms with Crippen molar-refractivity contribution < 1.29 is 14.7 Å². The molecule has 0 fully saturated rings. The van der Waals surface area contributed by atoms with Crippen LogP contribution < -0.4 is 0 Å². The van der Waals surface area contributed by atoms with Crippen LogP contribution >= 0.6 is 15.9 Å². The molecule has 100 valence electrons. The van der Waals surface area contributed by atoms with Crippen LogP contribution in [0.4, 0.5) is 0 Å². The van der Waals surface area contributed by atoms with Gasteiger partial charge in [-0.25, -0.2) is 4.79 Å². The fraction of sp³-hybridized carbons (Fsp3) is 0.231. The fourth-order valence-electron chi connectivity index (χ4n) is 1.86. The van der Waals surface area contributed by atoms with Crippen molar-refractivity contribution in [2.75, 3.05) is 6.61 Å². The van der Waals surface area contributed by atoms with Gasteiger partial charge in [-0.3, -0.25) is 0 Å². The minimum absolute atomic E-state index is 0.0114. The Hall–Kier alpha value is -1.82. The van der Waals surface area contributed by atoms with Crippen molar-refractivity contribution in [2.45, 2.75) is 13.3 Å². The number of nitrogens with zero attached hydrogens (tertiary/aromatic N) is 1. The first-order chi connectivity index (χ1) is 9.17. The Labute approximate surface area is 118 Å². The number of carbonyl (C=O) groups is 1. The maximum Gasteiger partial charge on any atom is 0.356 e. The minimum Gasteiger partial charge on any atom is -0.461 e. The quantitative estimate of drug-likeness (QED) is 0.393. The van der Waals surface area contributed by atoms with Gasteiger partial charge in [0.15, 0.2) is 5.71 Å². The molecule has 0 atom stereocenters. The van der Waals surface area contributed by atoms with Crippen molar-refractivity contribution >= 4 is 38.5 Å². The Morgan fingerprint density at radius 2 is 2.32 bits per heavy atom. The number of benzene rings is 1. The van der Waals surface area contributed by atoms with Crippen LogP contribution in [0.25, 0.3) is 10.9 Å². The normalized spacial score (nSPS) is 11.8. The number of carbonyl (C=O) groups excluding carboxylic acids is 1. The summed E-state index contributed by atoms with van der Waals surface area (Å²) in [5, 5.41) is 12.9. The Morgan fingerprint density at radius 1 is 1.53 bits per heavy atom. The topological polar surface area (TPSA) is 74.7 Å². The van der Waals surface area contributed by atoms with Crippen LogP contribution in [0.15, 0.2) is 34.0 Å². The average molecular weight is 325 g/mol. The first-order valence-corrected chi connectivity index (χ1v) is 6.59. The maximum absolute atomic E-state index is 11.6. The second-order valence-corrected chi connectivity index (χ2v) is 4.77. The van der Waals surface area contributed by atoms with Crippen molar-refractivity contribution in [3.05, 3.63) is 34.4 Å².